The van der Waals surface area contributed by atoms with Crippen molar-refractivity contribution >= 4 is 17.9 Å². The molecule has 0 atom stereocenters. The molecule has 1 aromatic carbocycles. The van der Waals surface area contributed by atoms with Gasteiger partial charge in [0.05, 0.1) is 18.8 Å². The second-order valence-electron chi connectivity index (χ2n) is 5.18. The van der Waals surface area contributed by atoms with Gasteiger partial charge in [0.15, 0.2) is 5.82 Å². The number of anilines is 2. The summed E-state index contributed by atoms with van der Waals surface area (Å²) in [5.74, 6) is 1.98. The van der Waals surface area contributed by atoms with Crippen LogP contribution >= 0.6 is 0 Å². The standard InChI is InChI=1S/C16H19N5O2/c1-18-15-13(10-17)16(21-5-7-23-8-6-21)20-14(19-15)11-3-2-4-12(22)9-11/h2-4,9-10,17,22H,5-8H2,1H3,(H,18,19,20). The second kappa shape index (κ2) is 6.62. The molecule has 2 aromatic rings. The first kappa shape index (κ1) is 15.2. The molecule has 0 bridgehead atoms. The van der Waals surface area contributed by atoms with Gasteiger partial charge in [0, 0.05) is 31.9 Å². The lowest BCUT2D eigenvalue weighted by Gasteiger charge is -2.29. The Morgan fingerprint density at radius 1 is 1.30 bits per heavy atom. The van der Waals surface area contributed by atoms with Gasteiger partial charge in [-0.25, -0.2) is 9.97 Å². The molecule has 0 amide bonds. The number of morpholine rings is 1. The van der Waals surface area contributed by atoms with Crippen LogP contribution in [0.2, 0.25) is 0 Å². The van der Waals surface area contributed by atoms with Crippen LogP contribution in [0.5, 0.6) is 5.75 Å². The Morgan fingerprint density at radius 2 is 2.09 bits per heavy atom. The van der Waals surface area contributed by atoms with Crippen molar-refractivity contribution in [3.63, 3.8) is 0 Å². The minimum absolute atomic E-state index is 0.168. The van der Waals surface area contributed by atoms with Gasteiger partial charge in [-0.15, -0.1) is 0 Å². The molecule has 120 valence electrons. The van der Waals surface area contributed by atoms with Gasteiger partial charge in [-0.05, 0) is 12.1 Å². The molecule has 3 rings (SSSR count). The van der Waals surface area contributed by atoms with Gasteiger partial charge in [0.1, 0.15) is 17.4 Å². The van der Waals surface area contributed by atoms with Gasteiger partial charge in [0.2, 0.25) is 0 Å². The van der Waals surface area contributed by atoms with E-state index in [-0.39, 0.29) is 5.75 Å². The SMILES string of the molecule is CNc1nc(-c2cccc(O)c2)nc(N2CCOCC2)c1C=N. The predicted octanol–water partition coefficient (Wildman–Crippen LogP) is 1.73. The third kappa shape index (κ3) is 3.09. The van der Waals surface area contributed by atoms with E-state index in [0.29, 0.717) is 36.2 Å². The van der Waals surface area contributed by atoms with E-state index in [4.69, 9.17) is 10.1 Å². The Morgan fingerprint density at radius 3 is 2.74 bits per heavy atom. The van der Waals surface area contributed by atoms with E-state index < -0.39 is 0 Å². The van der Waals surface area contributed by atoms with Crippen molar-refractivity contribution in [2.24, 2.45) is 0 Å². The fourth-order valence-corrected chi connectivity index (χ4v) is 2.57. The van der Waals surface area contributed by atoms with Crippen LogP contribution in [0.15, 0.2) is 24.3 Å². The van der Waals surface area contributed by atoms with Crippen molar-refractivity contribution in [2.45, 2.75) is 0 Å². The zero-order chi connectivity index (χ0) is 16.2. The molecule has 0 spiro atoms. The minimum atomic E-state index is 0.168. The third-order valence-electron chi connectivity index (χ3n) is 3.72. The number of rotatable bonds is 4. The van der Waals surface area contributed by atoms with Crippen molar-refractivity contribution in [2.75, 3.05) is 43.6 Å². The molecule has 0 saturated carbocycles. The largest absolute Gasteiger partial charge is 0.508 e. The minimum Gasteiger partial charge on any atom is -0.508 e. The summed E-state index contributed by atoms with van der Waals surface area (Å²) in [6.45, 7) is 2.72. The average molecular weight is 313 g/mol. The number of phenols is 1. The van der Waals surface area contributed by atoms with Crippen LogP contribution in [0.3, 0.4) is 0 Å². The van der Waals surface area contributed by atoms with Gasteiger partial charge in [-0.2, -0.15) is 0 Å². The molecule has 1 aromatic heterocycles. The number of ether oxygens (including phenoxy) is 1. The third-order valence-corrected chi connectivity index (χ3v) is 3.72. The van der Waals surface area contributed by atoms with E-state index in [2.05, 4.69) is 20.2 Å². The Hall–Kier alpha value is -2.67. The van der Waals surface area contributed by atoms with Crippen LogP contribution in [0.25, 0.3) is 11.4 Å². The molecule has 2 heterocycles. The lowest BCUT2D eigenvalue weighted by atomic mass is 10.2. The number of aromatic hydroxyl groups is 1. The summed E-state index contributed by atoms with van der Waals surface area (Å²) in [5.41, 5.74) is 1.38. The quantitative estimate of drug-likeness (QED) is 0.744. The molecule has 3 N–H and O–H groups in total. The molecule has 0 aliphatic carbocycles. The zero-order valence-corrected chi connectivity index (χ0v) is 12.9. The molecule has 1 aliphatic rings. The number of benzene rings is 1. The summed E-state index contributed by atoms with van der Waals surface area (Å²) in [6.07, 6.45) is 1.27. The first-order valence-corrected chi connectivity index (χ1v) is 7.45. The first-order chi connectivity index (χ1) is 11.2. The number of hydrogen-bond acceptors (Lipinski definition) is 7. The van der Waals surface area contributed by atoms with Gasteiger partial charge in [-0.3, -0.25) is 0 Å². The summed E-state index contributed by atoms with van der Waals surface area (Å²) >= 11 is 0. The van der Waals surface area contributed by atoms with Gasteiger partial charge in [0.25, 0.3) is 0 Å². The van der Waals surface area contributed by atoms with E-state index in [0.717, 1.165) is 18.7 Å². The lowest BCUT2D eigenvalue weighted by molar-refractivity contribution is 0.122. The highest BCUT2D eigenvalue weighted by molar-refractivity contribution is 5.92. The zero-order valence-electron chi connectivity index (χ0n) is 12.9. The number of hydrogen-bond donors (Lipinski definition) is 3. The fraction of sp³-hybridized carbons (Fsp3) is 0.312. The molecule has 23 heavy (non-hydrogen) atoms. The monoisotopic (exact) mass is 313 g/mol. The summed E-state index contributed by atoms with van der Waals surface area (Å²) in [7, 11) is 1.77. The number of aromatic nitrogens is 2. The van der Waals surface area contributed by atoms with E-state index >= 15 is 0 Å². The fourth-order valence-electron chi connectivity index (χ4n) is 2.57. The van der Waals surface area contributed by atoms with Crippen molar-refractivity contribution in [1.29, 1.82) is 5.41 Å². The molecule has 1 fully saturated rings. The molecule has 0 radical (unpaired) electrons. The lowest BCUT2D eigenvalue weighted by Crippen LogP contribution is -2.37. The predicted molar refractivity (Wildman–Crippen MR) is 89.6 cm³/mol. The van der Waals surface area contributed by atoms with Crippen LogP contribution in [0.4, 0.5) is 11.6 Å². The Labute approximate surface area is 134 Å². The maximum absolute atomic E-state index is 9.69. The molecule has 7 nitrogen and oxygen atoms in total. The molecule has 1 aliphatic heterocycles. The Balaban J connectivity index is 2.12. The Kier molecular flexibility index (Phi) is 4.38. The van der Waals surface area contributed by atoms with Crippen molar-refractivity contribution in [1.82, 2.24) is 9.97 Å². The topological polar surface area (TPSA) is 94.4 Å². The smallest absolute Gasteiger partial charge is 0.164 e. The average Bonchev–Trinajstić information content (AvgIpc) is 2.61. The van der Waals surface area contributed by atoms with Crippen LogP contribution < -0.4 is 10.2 Å². The summed E-state index contributed by atoms with van der Waals surface area (Å²) < 4.78 is 5.39. The van der Waals surface area contributed by atoms with Gasteiger partial charge >= 0.3 is 0 Å². The van der Waals surface area contributed by atoms with E-state index in [1.165, 1.54) is 6.21 Å². The summed E-state index contributed by atoms with van der Waals surface area (Å²) in [6, 6.07) is 6.84. The molecule has 1 saturated heterocycles. The second-order valence-corrected chi connectivity index (χ2v) is 5.18. The van der Waals surface area contributed by atoms with Crippen LogP contribution in [-0.2, 0) is 4.74 Å². The summed E-state index contributed by atoms with van der Waals surface area (Å²) in [5, 5.41) is 20.4. The van der Waals surface area contributed by atoms with E-state index in [9.17, 15) is 5.11 Å². The molecule has 7 heteroatoms. The van der Waals surface area contributed by atoms with Gasteiger partial charge < -0.3 is 25.5 Å². The normalized spacial score (nSPS) is 14.6. The number of nitrogens with zero attached hydrogens (tertiary/aromatic N) is 3. The highest BCUT2D eigenvalue weighted by Gasteiger charge is 2.20. The van der Waals surface area contributed by atoms with E-state index in [1.807, 2.05) is 6.07 Å². The number of phenolic OH excluding ortho intramolecular Hbond substituents is 1. The molecular weight excluding hydrogens is 294 g/mol. The molecule has 0 unspecified atom stereocenters. The molecular formula is C16H19N5O2. The van der Waals surface area contributed by atoms with Crippen LogP contribution in [0, 0.1) is 5.41 Å². The van der Waals surface area contributed by atoms with Crippen LogP contribution in [-0.4, -0.2) is 54.6 Å². The van der Waals surface area contributed by atoms with Gasteiger partial charge in [-0.1, -0.05) is 12.1 Å². The number of nitrogens with one attached hydrogen (secondary N) is 2. The highest BCUT2D eigenvalue weighted by Crippen LogP contribution is 2.28. The van der Waals surface area contributed by atoms with Crippen molar-refractivity contribution in [3.8, 4) is 17.1 Å². The Bertz CT molecular complexity index is 714. The first-order valence-electron chi connectivity index (χ1n) is 7.45. The van der Waals surface area contributed by atoms with Crippen LogP contribution in [0.1, 0.15) is 5.56 Å². The maximum Gasteiger partial charge on any atom is 0.164 e. The highest BCUT2D eigenvalue weighted by atomic mass is 16.5. The summed E-state index contributed by atoms with van der Waals surface area (Å²) in [4.78, 5) is 11.2. The van der Waals surface area contributed by atoms with Crippen molar-refractivity contribution < 1.29 is 9.84 Å². The maximum atomic E-state index is 9.69. The van der Waals surface area contributed by atoms with Crippen molar-refractivity contribution in [3.05, 3.63) is 29.8 Å². The van der Waals surface area contributed by atoms with E-state index in [1.54, 1.807) is 25.2 Å².